The molecule has 5 nitrogen and oxygen atoms in total. The molecule has 0 saturated heterocycles. The van der Waals surface area contributed by atoms with E-state index in [0.717, 1.165) is 12.8 Å². The van der Waals surface area contributed by atoms with E-state index >= 15 is 0 Å². The summed E-state index contributed by atoms with van der Waals surface area (Å²) in [6, 6.07) is 2.12. The second-order valence-corrected chi connectivity index (χ2v) is 5.47. The fraction of sp³-hybridized carbons (Fsp3) is 0.533. The van der Waals surface area contributed by atoms with E-state index in [-0.39, 0.29) is 5.91 Å². The number of carbonyl (C=O) groups excluding carboxylic acids is 1. The highest BCUT2D eigenvalue weighted by Gasteiger charge is 2.17. The number of hydrogen-bond acceptors (Lipinski definition) is 3. The zero-order valence-electron chi connectivity index (χ0n) is 11.6. The standard InChI is InChI=1S/C15H20N4O/c20-14(17-12-7-4-2-1-3-5-8-12)13-11-19-10-6-9-16-15(19)18-13/h6,9-12H,1-5,7-8H2,(H,17,20). The minimum absolute atomic E-state index is 0.0823. The second-order valence-electron chi connectivity index (χ2n) is 5.47. The average molecular weight is 272 g/mol. The van der Waals surface area contributed by atoms with Gasteiger partial charge in [0.15, 0.2) is 0 Å². The SMILES string of the molecule is O=C(NC1CCCCCCC1)c1cn2cccnc2n1. The first-order chi connectivity index (χ1) is 9.83. The number of imidazole rings is 1. The topological polar surface area (TPSA) is 59.3 Å². The Morgan fingerprint density at radius 1 is 1.20 bits per heavy atom. The Hall–Kier alpha value is -1.91. The largest absolute Gasteiger partial charge is 0.348 e. The van der Waals surface area contributed by atoms with Gasteiger partial charge in [0.1, 0.15) is 5.69 Å². The van der Waals surface area contributed by atoms with Crippen molar-refractivity contribution in [1.29, 1.82) is 0 Å². The van der Waals surface area contributed by atoms with Gasteiger partial charge in [-0.1, -0.05) is 32.1 Å². The summed E-state index contributed by atoms with van der Waals surface area (Å²) in [5.41, 5.74) is 0.450. The minimum Gasteiger partial charge on any atom is -0.348 e. The van der Waals surface area contributed by atoms with E-state index in [9.17, 15) is 4.79 Å². The molecule has 1 amide bonds. The van der Waals surface area contributed by atoms with Crippen molar-refractivity contribution < 1.29 is 4.79 Å². The molecular formula is C15H20N4O. The van der Waals surface area contributed by atoms with Crippen LogP contribution in [0.3, 0.4) is 0 Å². The Kier molecular flexibility index (Phi) is 3.95. The van der Waals surface area contributed by atoms with Gasteiger partial charge in [-0.2, -0.15) is 0 Å². The lowest BCUT2D eigenvalue weighted by molar-refractivity contribution is 0.0926. The first-order valence-corrected chi connectivity index (χ1v) is 7.43. The smallest absolute Gasteiger partial charge is 0.271 e. The number of nitrogens with one attached hydrogen (secondary N) is 1. The Bertz CT molecular complexity index is 551. The minimum atomic E-state index is -0.0823. The molecule has 0 unspecified atom stereocenters. The number of aromatic nitrogens is 3. The normalized spacial score (nSPS) is 17.6. The van der Waals surface area contributed by atoms with E-state index < -0.39 is 0 Å². The molecule has 1 aliphatic carbocycles. The van der Waals surface area contributed by atoms with Gasteiger partial charge < -0.3 is 5.32 Å². The molecule has 1 aliphatic rings. The summed E-state index contributed by atoms with van der Waals surface area (Å²) >= 11 is 0. The molecule has 0 spiro atoms. The first-order valence-electron chi connectivity index (χ1n) is 7.43. The van der Waals surface area contributed by atoms with E-state index in [1.165, 1.54) is 32.1 Å². The summed E-state index contributed by atoms with van der Waals surface area (Å²) in [7, 11) is 0. The first kappa shape index (κ1) is 13.1. The van der Waals surface area contributed by atoms with Gasteiger partial charge in [0.05, 0.1) is 0 Å². The molecule has 0 aromatic carbocycles. The van der Waals surface area contributed by atoms with Gasteiger partial charge in [-0.3, -0.25) is 9.20 Å². The third-order valence-corrected chi connectivity index (χ3v) is 3.91. The number of amides is 1. The maximum Gasteiger partial charge on any atom is 0.271 e. The van der Waals surface area contributed by atoms with Crippen molar-refractivity contribution in [2.24, 2.45) is 0 Å². The second kappa shape index (κ2) is 6.03. The molecule has 0 aliphatic heterocycles. The van der Waals surface area contributed by atoms with Crippen molar-refractivity contribution in [3.05, 3.63) is 30.4 Å². The average Bonchev–Trinajstić information content (AvgIpc) is 2.85. The van der Waals surface area contributed by atoms with Crippen LogP contribution in [0.15, 0.2) is 24.7 Å². The lowest BCUT2D eigenvalue weighted by Crippen LogP contribution is -2.35. The predicted molar refractivity (Wildman–Crippen MR) is 76.6 cm³/mol. The van der Waals surface area contributed by atoms with E-state index in [1.807, 2.05) is 12.3 Å². The van der Waals surface area contributed by atoms with Crippen molar-refractivity contribution in [1.82, 2.24) is 19.7 Å². The number of fused-ring (bicyclic) bond motifs is 1. The van der Waals surface area contributed by atoms with Gasteiger partial charge in [-0.25, -0.2) is 9.97 Å². The highest BCUT2D eigenvalue weighted by Crippen LogP contribution is 2.17. The van der Waals surface area contributed by atoms with E-state index in [0.29, 0.717) is 17.5 Å². The fourth-order valence-electron chi connectivity index (χ4n) is 2.80. The van der Waals surface area contributed by atoms with Gasteiger partial charge in [-0.05, 0) is 18.9 Å². The molecule has 1 saturated carbocycles. The molecule has 1 fully saturated rings. The molecule has 0 bridgehead atoms. The van der Waals surface area contributed by atoms with Crippen molar-refractivity contribution in [2.45, 2.75) is 51.0 Å². The molecule has 3 rings (SSSR count). The van der Waals surface area contributed by atoms with E-state index in [2.05, 4.69) is 15.3 Å². The Balaban J connectivity index is 1.68. The molecule has 0 atom stereocenters. The van der Waals surface area contributed by atoms with Crippen molar-refractivity contribution in [3.63, 3.8) is 0 Å². The zero-order valence-corrected chi connectivity index (χ0v) is 11.6. The van der Waals surface area contributed by atoms with Gasteiger partial charge in [-0.15, -0.1) is 0 Å². The molecule has 2 heterocycles. The molecule has 2 aromatic heterocycles. The summed E-state index contributed by atoms with van der Waals surface area (Å²) < 4.78 is 1.77. The van der Waals surface area contributed by atoms with Crippen LogP contribution in [0, 0.1) is 0 Å². The van der Waals surface area contributed by atoms with Crippen LogP contribution in [-0.4, -0.2) is 26.3 Å². The molecule has 0 radical (unpaired) electrons. The van der Waals surface area contributed by atoms with Gasteiger partial charge >= 0.3 is 0 Å². The summed E-state index contributed by atoms with van der Waals surface area (Å²) in [6.45, 7) is 0. The summed E-state index contributed by atoms with van der Waals surface area (Å²) in [5, 5.41) is 3.12. The monoisotopic (exact) mass is 272 g/mol. The number of hydrogen-bond donors (Lipinski definition) is 1. The van der Waals surface area contributed by atoms with Crippen LogP contribution in [-0.2, 0) is 0 Å². The Morgan fingerprint density at radius 2 is 1.95 bits per heavy atom. The quantitative estimate of drug-likeness (QED) is 0.914. The number of nitrogens with zero attached hydrogens (tertiary/aromatic N) is 3. The zero-order chi connectivity index (χ0) is 13.8. The molecule has 2 aromatic rings. The van der Waals surface area contributed by atoms with Crippen LogP contribution in [0.4, 0.5) is 0 Å². The van der Waals surface area contributed by atoms with Crippen molar-refractivity contribution in [3.8, 4) is 0 Å². The van der Waals surface area contributed by atoms with Gasteiger partial charge in [0.25, 0.3) is 5.91 Å². The Labute approximate surface area is 118 Å². The van der Waals surface area contributed by atoms with Crippen LogP contribution < -0.4 is 5.32 Å². The third-order valence-electron chi connectivity index (χ3n) is 3.91. The number of rotatable bonds is 2. The summed E-state index contributed by atoms with van der Waals surface area (Å²) in [6.07, 6.45) is 13.7. The summed E-state index contributed by atoms with van der Waals surface area (Å²) in [4.78, 5) is 20.7. The van der Waals surface area contributed by atoms with Gasteiger partial charge in [0.2, 0.25) is 5.78 Å². The van der Waals surface area contributed by atoms with Crippen LogP contribution in [0.25, 0.3) is 5.78 Å². The highest BCUT2D eigenvalue weighted by molar-refractivity contribution is 5.92. The lowest BCUT2D eigenvalue weighted by atomic mass is 9.97. The maximum atomic E-state index is 12.3. The molecule has 20 heavy (non-hydrogen) atoms. The fourth-order valence-corrected chi connectivity index (χ4v) is 2.80. The van der Waals surface area contributed by atoms with Crippen LogP contribution in [0.2, 0.25) is 0 Å². The highest BCUT2D eigenvalue weighted by atomic mass is 16.2. The molecular weight excluding hydrogens is 252 g/mol. The van der Waals surface area contributed by atoms with Crippen LogP contribution in [0.1, 0.15) is 55.4 Å². The predicted octanol–water partition coefficient (Wildman–Crippen LogP) is 2.57. The van der Waals surface area contributed by atoms with E-state index in [4.69, 9.17) is 0 Å². The maximum absolute atomic E-state index is 12.3. The van der Waals surface area contributed by atoms with Gasteiger partial charge in [0, 0.05) is 24.6 Å². The van der Waals surface area contributed by atoms with Crippen LogP contribution >= 0.6 is 0 Å². The van der Waals surface area contributed by atoms with Crippen molar-refractivity contribution >= 4 is 11.7 Å². The lowest BCUT2D eigenvalue weighted by Gasteiger charge is -2.20. The molecule has 106 valence electrons. The van der Waals surface area contributed by atoms with Crippen molar-refractivity contribution in [2.75, 3.05) is 0 Å². The Morgan fingerprint density at radius 3 is 2.70 bits per heavy atom. The molecule has 5 heteroatoms. The van der Waals surface area contributed by atoms with E-state index in [1.54, 1.807) is 16.8 Å². The summed E-state index contributed by atoms with van der Waals surface area (Å²) in [5.74, 6) is 0.483. The molecule has 1 N–H and O–H groups in total. The number of carbonyl (C=O) groups is 1. The third kappa shape index (κ3) is 2.98. The van der Waals surface area contributed by atoms with Crippen LogP contribution in [0.5, 0.6) is 0 Å².